The monoisotopic (exact) mass is 476 g/mol. The lowest BCUT2D eigenvalue weighted by Crippen LogP contribution is -2.48. The molecule has 8 heteroatoms. The second-order valence-electron chi connectivity index (χ2n) is 9.81. The van der Waals surface area contributed by atoms with Gasteiger partial charge in [-0.25, -0.2) is 9.97 Å². The van der Waals surface area contributed by atoms with Crippen molar-refractivity contribution in [3.8, 4) is 22.9 Å². The average molecular weight is 477 g/mol. The fraction of sp³-hybridized carbons (Fsp3) is 0.250. The zero-order valence-electron chi connectivity index (χ0n) is 20.4. The van der Waals surface area contributed by atoms with Crippen LogP contribution in [-0.2, 0) is 0 Å². The standard InChI is InChI=1S/C28H28N8/c1-17(2)35-12-14-36(15-13-35)18-10-11-23-24(16-18)32-28(31-23)26-19-6-5-7-20(25(19)33-34-26)27-29-21-8-3-4-9-22(21)30-27/h3-11,16-17H,12-15H2,1-2H3,(H,29,30)(H,31,32)(H,33,34). The summed E-state index contributed by atoms with van der Waals surface area (Å²) in [6.45, 7) is 8.81. The van der Waals surface area contributed by atoms with Crippen LogP contribution in [-0.4, -0.2) is 67.3 Å². The van der Waals surface area contributed by atoms with Crippen molar-refractivity contribution in [2.45, 2.75) is 19.9 Å². The Morgan fingerprint density at radius 1 is 0.778 bits per heavy atom. The molecule has 0 bridgehead atoms. The number of imidazole rings is 2. The molecule has 1 fully saturated rings. The maximum Gasteiger partial charge on any atom is 0.159 e. The third-order valence-corrected chi connectivity index (χ3v) is 7.34. The smallest absolute Gasteiger partial charge is 0.159 e. The zero-order valence-corrected chi connectivity index (χ0v) is 20.4. The number of rotatable bonds is 4. The van der Waals surface area contributed by atoms with Gasteiger partial charge in [0.1, 0.15) is 11.5 Å². The van der Waals surface area contributed by atoms with Gasteiger partial charge in [-0.3, -0.25) is 10.00 Å². The van der Waals surface area contributed by atoms with Gasteiger partial charge in [-0.05, 0) is 50.2 Å². The van der Waals surface area contributed by atoms with E-state index in [-0.39, 0.29) is 0 Å². The molecule has 0 atom stereocenters. The lowest BCUT2D eigenvalue weighted by molar-refractivity contribution is 0.209. The number of fused-ring (bicyclic) bond motifs is 3. The normalized spacial score (nSPS) is 15.1. The lowest BCUT2D eigenvalue weighted by atomic mass is 10.1. The Morgan fingerprint density at radius 2 is 1.56 bits per heavy atom. The quantitative estimate of drug-likeness (QED) is 0.326. The van der Waals surface area contributed by atoms with Crippen LogP contribution in [0.1, 0.15) is 13.8 Å². The number of hydrogen-bond acceptors (Lipinski definition) is 5. The predicted octanol–water partition coefficient (Wildman–Crippen LogP) is 5.18. The molecule has 0 spiro atoms. The van der Waals surface area contributed by atoms with Crippen molar-refractivity contribution in [3.63, 3.8) is 0 Å². The molecule has 3 aromatic carbocycles. The molecule has 0 amide bonds. The molecular formula is C28H28N8. The molecule has 8 nitrogen and oxygen atoms in total. The van der Waals surface area contributed by atoms with E-state index in [1.807, 2.05) is 30.3 Å². The molecule has 1 aliphatic heterocycles. The topological polar surface area (TPSA) is 92.5 Å². The molecule has 0 aliphatic carbocycles. The summed E-state index contributed by atoms with van der Waals surface area (Å²) in [5.74, 6) is 1.59. The number of anilines is 1. The Kier molecular flexibility index (Phi) is 4.82. The van der Waals surface area contributed by atoms with E-state index in [1.165, 1.54) is 5.69 Å². The molecule has 180 valence electrons. The van der Waals surface area contributed by atoms with Crippen LogP contribution in [0.25, 0.3) is 55.9 Å². The number of H-pyrrole nitrogens is 3. The minimum atomic E-state index is 0.598. The van der Waals surface area contributed by atoms with Gasteiger partial charge >= 0.3 is 0 Å². The molecule has 3 aromatic heterocycles. The van der Waals surface area contributed by atoms with Crippen LogP contribution < -0.4 is 4.90 Å². The van der Waals surface area contributed by atoms with Gasteiger partial charge in [0.05, 0.1) is 27.6 Å². The SMILES string of the molecule is CC(C)N1CCN(c2ccc3nc(-c4n[nH]c5c(-c6nc7ccccc7[nH]6)cccc45)[nH]c3c2)CC1. The first-order valence-electron chi connectivity index (χ1n) is 12.6. The summed E-state index contributed by atoms with van der Waals surface area (Å²) in [6.07, 6.45) is 0. The molecule has 7 rings (SSSR count). The molecule has 1 aliphatic rings. The summed E-state index contributed by atoms with van der Waals surface area (Å²) in [6, 6.07) is 21.3. The van der Waals surface area contributed by atoms with Gasteiger partial charge in [0.15, 0.2) is 5.82 Å². The Morgan fingerprint density at radius 3 is 2.39 bits per heavy atom. The summed E-state index contributed by atoms with van der Waals surface area (Å²) in [5.41, 5.74) is 7.91. The molecule has 0 saturated carbocycles. The number of para-hydroxylation sites is 3. The van der Waals surface area contributed by atoms with Crippen molar-refractivity contribution in [2.75, 3.05) is 31.1 Å². The van der Waals surface area contributed by atoms with E-state index >= 15 is 0 Å². The van der Waals surface area contributed by atoms with Crippen LogP contribution in [0.4, 0.5) is 5.69 Å². The van der Waals surface area contributed by atoms with Crippen molar-refractivity contribution >= 4 is 38.7 Å². The highest BCUT2D eigenvalue weighted by molar-refractivity contribution is 6.01. The van der Waals surface area contributed by atoms with Gasteiger partial charge in [0.25, 0.3) is 0 Å². The number of hydrogen-bond donors (Lipinski definition) is 3. The number of nitrogens with one attached hydrogen (secondary N) is 3. The van der Waals surface area contributed by atoms with Gasteiger partial charge < -0.3 is 14.9 Å². The van der Waals surface area contributed by atoms with Crippen molar-refractivity contribution in [1.82, 2.24) is 35.0 Å². The fourth-order valence-electron chi connectivity index (χ4n) is 5.30. The molecule has 4 heterocycles. The van der Waals surface area contributed by atoms with E-state index in [2.05, 4.69) is 74.1 Å². The Hall–Kier alpha value is -4.17. The summed E-state index contributed by atoms with van der Waals surface area (Å²) in [5, 5.41) is 8.91. The second-order valence-corrected chi connectivity index (χ2v) is 9.81. The number of nitrogens with zero attached hydrogens (tertiary/aromatic N) is 5. The second kappa shape index (κ2) is 8.20. The van der Waals surface area contributed by atoms with E-state index in [1.54, 1.807) is 0 Å². The fourth-order valence-corrected chi connectivity index (χ4v) is 5.30. The van der Waals surface area contributed by atoms with E-state index < -0.39 is 0 Å². The van der Waals surface area contributed by atoms with E-state index in [4.69, 9.17) is 9.97 Å². The van der Waals surface area contributed by atoms with Crippen molar-refractivity contribution in [2.24, 2.45) is 0 Å². The third kappa shape index (κ3) is 3.45. The van der Waals surface area contributed by atoms with Crippen LogP contribution >= 0.6 is 0 Å². The van der Waals surface area contributed by atoms with Crippen LogP contribution in [0, 0.1) is 0 Å². The molecule has 0 unspecified atom stereocenters. The van der Waals surface area contributed by atoms with E-state index in [0.29, 0.717) is 6.04 Å². The first-order valence-corrected chi connectivity index (χ1v) is 12.6. The summed E-state index contributed by atoms with van der Waals surface area (Å²) < 4.78 is 0. The number of aromatic nitrogens is 6. The minimum absolute atomic E-state index is 0.598. The molecular weight excluding hydrogens is 448 g/mol. The van der Waals surface area contributed by atoms with E-state index in [9.17, 15) is 0 Å². The zero-order chi connectivity index (χ0) is 24.2. The number of benzene rings is 3. The largest absolute Gasteiger partial charge is 0.369 e. The van der Waals surface area contributed by atoms with Gasteiger partial charge in [-0.1, -0.05) is 24.3 Å². The maximum atomic E-state index is 4.88. The highest BCUT2D eigenvalue weighted by Crippen LogP contribution is 2.33. The van der Waals surface area contributed by atoms with Crippen molar-refractivity contribution in [3.05, 3.63) is 60.7 Å². The van der Waals surface area contributed by atoms with Crippen LogP contribution in [0.2, 0.25) is 0 Å². The summed E-state index contributed by atoms with van der Waals surface area (Å²) in [4.78, 5) is 21.6. The highest BCUT2D eigenvalue weighted by atomic mass is 15.3. The molecule has 0 radical (unpaired) electrons. The van der Waals surface area contributed by atoms with Gasteiger partial charge in [0, 0.05) is 48.9 Å². The molecule has 6 aromatic rings. The predicted molar refractivity (Wildman–Crippen MR) is 145 cm³/mol. The van der Waals surface area contributed by atoms with Gasteiger partial charge in [0.2, 0.25) is 0 Å². The summed E-state index contributed by atoms with van der Waals surface area (Å²) >= 11 is 0. The Bertz CT molecular complexity index is 1660. The van der Waals surface area contributed by atoms with Crippen LogP contribution in [0.5, 0.6) is 0 Å². The van der Waals surface area contributed by atoms with Crippen molar-refractivity contribution in [1.29, 1.82) is 0 Å². The first kappa shape index (κ1) is 21.1. The van der Waals surface area contributed by atoms with Crippen molar-refractivity contribution < 1.29 is 0 Å². The number of piperazine rings is 1. The molecule has 3 N–H and O–H groups in total. The first-order chi connectivity index (χ1) is 17.6. The minimum Gasteiger partial charge on any atom is -0.369 e. The van der Waals surface area contributed by atoms with Gasteiger partial charge in [-0.15, -0.1) is 0 Å². The molecule has 36 heavy (non-hydrogen) atoms. The average Bonchev–Trinajstić information content (AvgIpc) is 3.64. The van der Waals surface area contributed by atoms with Crippen LogP contribution in [0.15, 0.2) is 60.7 Å². The Balaban J connectivity index is 1.23. The lowest BCUT2D eigenvalue weighted by Gasteiger charge is -2.38. The Labute approximate surface area is 208 Å². The van der Waals surface area contributed by atoms with Gasteiger partial charge in [-0.2, -0.15) is 5.10 Å². The summed E-state index contributed by atoms with van der Waals surface area (Å²) in [7, 11) is 0. The molecule has 1 saturated heterocycles. The van der Waals surface area contributed by atoms with Crippen LogP contribution in [0.3, 0.4) is 0 Å². The maximum absolute atomic E-state index is 4.88. The number of aromatic amines is 3. The highest BCUT2D eigenvalue weighted by Gasteiger charge is 2.20. The van der Waals surface area contributed by atoms with E-state index in [0.717, 1.165) is 82.1 Å². The third-order valence-electron chi connectivity index (χ3n) is 7.34.